The van der Waals surface area contributed by atoms with Gasteiger partial charge < -0.3 is 10.1 Å². The molecule has 5 heteroatoms. The first kappa shape index (κ1) is 14.1. The molecule has 0 saturated carbocycles. The molecule has 1 N–H and O–H groups in total. The number of rotatable bonds is 6. The molecule has 0 aliphatic carbocycles. The van der Waals surface area contributed by atoms with Crippen molar-refractivity contribution in [2.45, 2.75) is 19.6 Å². The Kier molecular flexibility index (Phi) is 5.58. The summed E-state index contributed by atoms with van der Waals surface area (Å²) in [6, 6.07) is 6.69. The number of hydrogen-bond acceptors (Lipinski definition) is 2. The molecule has 0 aromatic heterocycles. The zero-order chi connectivity index (χ0) is 12.8. The van der Waals surface area contributed by atoms with Gasteiger partial charge in [0.15, 0.2) is 0 Å². The zero-order valence-electron chi connectivity index (χ0n) is 9.42. The van der Waals surface area contributed by atoms with Crippen molar-refractivity contribution in [3.63, 3.8) is 0 Å². The van der Waals surface area contributed by atoms with Crippen LogP contribution in [0.15, 0.2) is 35.3 Å². The smallest absolute Gasteiger partial charge is 0.387 e. The van der Waals surface area contributed by atoms with Crippen LogP contribution in [0.5, 0.6) is 5.75 Å². The van der Waals surface area contributed by atoms with Gasteiger partial charge >= 0.3 is 6.61 Å². The molecule has 0 heterocycles. The normalized spacial score (nSPS) is 12.5. The molecule has 2 nitrogen and oxygen atoms in total. The Hall–Kier alpha value is -0.940. The van der Waals surface area contributed by atoms with Crippen molar-refractivity contribution in [2.75, 3.05) is 6.54 Å². The standard InChI is InChI=1S/C12H14BrF2NO/c1-8(13)7-16-9(2)10-3-5-11(6-4-10)17-12(14)15/h3-6,9,12,16H,1,7H2,2H3. The van der Waals surface area contributed by atoms with Gasteiger partial charge in [0.25, 0.3) is 0 Å². The molecule has 94 valence electrons. The predicted molar refractivity (Wildman–Crippen MR) is 67.6 cm³/mol. The van der Waals surface area contributed by atoms with Crippen LogP contribution in [0.4, 0.5) is 8.78 Å². The first-order valence-corrected chi connectivity index (χ1v) is 5.89. The molecule has 1 aromatic rings. The number of alkyl halides is 2. The Morgan fingerprint density at radius 2 is 2.00 bits per heavy atom. The van der Waals surface area contributed by atoms with E-state index < -0.39 is 6.61 Å². The quantitative estimate of drug-likeness (QED) is 0.862. The van der Waals surface area contributed by atoms with Crippen LogP contribution in [0.25, 0.3) is 0 Å². The third-order valence-electron chi connectivity index (χ3n) is 2.21. The van der Waals surface area contributed by atoms with Crippen LogP contribution < -0.4 is 10.1 Å². The average molecular weight is 306 g/mol. The minimum absolute atomic E-state index is 0.116. The van der Waals surface area contributed by atoms with Crippen molar-refractivity contribution >= 4 is 15.9 Å². The highest BCUT2D eigenvalue weighted by Crippen LogP contribution is 2.19. The maximum absolute atomic E-state index is 11.9. The average Bonchev–Trinajstić information content (AvgIpc) is 2.26. The molecule has 0 bridgehead atoms. The van der Waals surface area contributed by atoms with Crippen molar-refractivity contribution in [3.8, 4) is 5.75 Å². The van der Waals surface area contributed by atoms with Gasteiger partial charge in [0.2, 0.25) is 0 Å². The van der Waals surface area contributed by atoms with Crippen LogP contribution in [-0.4, -0.2) is 13.2 Å². The van der Waals surface area contributed by atoms with E-state index in [1.807, 2.05) is 6.92 Å². The van der Waals surface area contributed by atoms with Gasteiger partial charge in [-0.3, -0.25) is 0 Å². The fourth-order valence-electron chi connectivity index (χ4n) is 1.32. The highest BCUT2D eigenvalue weighted by molar-refractivity contribution is 9.11. The summed E-state index contributed by atoms with van der Waals surface area (Å²) in [7, 11) is 0. The van der Waals surface area contributed by atoms with Gasteiger partial charge in [-0.05, 0) is 24.6 Å². The van der Waals surface area contributed by atoms with E-state index in [0.29, 0.717) is 6.54 Å². The molecule has 1 aromatic carbocycles. The summed E-state index contributed by atoms with van der Waals surface area (Å²) in [4.78, 5) is 0. The van der Waals surface area contributed by atoms with Crippen LogP contribution in [0.3, 0.4) is 0 Å². The Labute approximate surface area is 108 Å². The summed E-state index contributed by atoms with van der Waals surface area (Å²) in [5, 5.41) is 3.22. The van der Waals surface area contributed by atoms with E-state index in [9.17, 15) is 8.78 Å². The summed E-state index contributed by atoms with van der Waals surface area (Å²) in [5.41, 5.74) is 1.00. The lowest BCUT2D eigenvalue weighted by Crippen LogP contribution is -2.19. The minimum atomic E-state index is -2.78. The van der Waals surface area contributed by atoms with Gasteiger partial charge in [-0.1, -0.05) is 34.6 Å². The van der Waals surface area contributed by atoms with Gasteiger partial charge in [-0.15, -0.1) is 0 Å². The molecule has 0 amide bonds. The lowest BCUT2D eigenvalue weighted by Gasteiger charge is -2.14. The topological polar surface area (TPSA) is 21.3 Å². The van der Waals surface area contributed by atoms with Crippen molar-refractivity contribution in [3.05, 3.63) is 40.9 Å². The third-order valence-corrected chi connectivity index (χ3v) is 2.49. The number of hydrogen-bond donors (Lipinski definition) is 1. The molecule has 1 atom stereocenters. The van der Waals surface area contributed by atoms with E-state index in [0.717, 1.165) is 10.0 Å². The lowest BCUT2D eigenvalue weighted by molar-refractivity contribution is -0.0498. The van der Waals surface area contributed by atoms with Crippen molar-refractivity contribution in [2.24, 2.45) is 0 Å². The number of halogens is 3. The van der Waals surface area contributed by atoms with Gasteiger partial charge in [0.1, 0.15) is 5.75 Å². The van der Waals surface area contributed by atoms with Crippen LogP contribution in [0, 0.1) is 0 Å². The second kappa shape index (κ2) is 6.71. The molecule has 0 aliphatic rings. The maximum Gasteiger partial charge on any atom is 0.387 e. The Bertz CT molecular complexity index is 367. The number of nitrogens with one attached hydrogen (secondary N) is 1. The SMILES string of the molecule is C=C(Br)CNC(C)c1ccc(OC(F)F)cc1. The largest absolute Gasteiger partial charge is 0.435 e. The van der Waals surface area contributed by atoms with E-state index in [-0.39, 0.29) is 11.8 Å². The van der Waals surface area contributed by atoms with Crippen LogP contribution in [0.1, 0.15) is 18.5 Å². The highest BCUT2D eigenvalue weighted by atomic mass is 79.9. The summed E-state index contributed by atoms with van der Waals surface area (Å²) in [6.07, 6.45) is 0. The first-order valence-electron chi connectivity index (χ1n) is 5.10. The molecule has 0 saturated heterocycles. The lowest BCUT2D eigenvalue weighted by atomic mass is 10.1. The van der Waals surface area contributed by atoms with E-state index in [2.05, 4.69) is 32.6 Å². The summed E-state index contributed by atoms with van der Waals surface area (Å²) >= 11 is 3.25. The van der Waals surface area contributed by atoms with E-state index in [4.69, 9.17) is 0 Å². The van der Waals surface area contributed by atoms with Crippen molar-refractivity contribution in [1.29, 1.82) is 0 Å². The Balaban J connectivity index is 2.57. The van der Waals surface area contributed by atoms with Crippen LogP contribution in [0.2, 0.25) is 0 Å². The fraction of sp³-hybridized carbons (Fsp3) is 0.333. The van der Waals surface area contributed by atoms with Gasteiger partial charge in [-0.2, -0.15) is 8.78 Å². The summed E-state index contributed by atoms with van der Waals surface area (Å²) in [5.74, 6) is 0.167. The molecule has 0 aliphatic heterocycles. The molecule has 1 rings (SSSR count). The predicted octanol–water partition coefficient (Wildman–Crippen LogP) is 3.85. The molecule has 0 spiro atoms. The molecule has 1 unspecified atom stereocenters. The molecular formula is C12H14BrF2NO. The van der Waals surface area contributed by atoms with Gasteiger partial charge in [-0.25, -0.2) is 0 Å². The van der Waals surface area contributed by atoms with E-state index in [1.54, 1.807) is 12.1 Å². The van der Waals surface area contributed by atoms with E-state index in [1.165, 1.54) is 12.1 Å². The maximum atomic E-state index is 11.9. The highest BCUT2D eigenvalue weighted by Gasteiger charge is 2.07. The molecular weight excluding hydrogens is 292 g/mol. The minimum Gasteiger partial charge on any atom is -0.435 e. The zero-order valence-corrected chi connectivity index (χ0v) is 11.0. The monoisotopic (exact) mass is 305 g/mol. The van der Waals surface area contributed by atoms with Crippen LogP contribution >= 0.6 is 15.9 Å². The first-order chi connectivity index (χ1) is 7.99. The Morgan fingerprint density at radius 3 is 2.47 bits per heavy atom. The molecule has 0 radical (unpaired) electrons. The third kappa shape index (κ3) is 5.28. The fourth-order valence-corrected chi connectivity index (χ4v) is 1.48. The summed E-state index contributed by atoms with van der Waals surface area (Å²) in [6.45, 7) is 3.57. The van der Waals surface area contributed by atoms with Crippen molar-refractivity contribution in [1.82, 2.24) is 5.32 Å². The van der Waals surface area contributed by atoms with E-state index >= 15 is 0 Å². The van der Waals surface area contributed by atoms with Crippen molar-refractivity contribution < 1.29 is 13.5 Å². The molecule has 17 heavy (non-hydrogen) atoms. The number of benzene rings is 1. The number of ether oxygens (including phenoxy) is 1. The Morgan fingerprint density at radius 1 is 1.41 bits per heavy atom. The summed E-state index contributed by atoms with van der Waals surface area (Å²) < 4.78 is 29.0. The molecule has 0 fully saturated rings. The second-order valence-electron chi connectivity index (χ2n) is 3.57. The van der Waals surface area contributed by atoms with Gasteiger partial charge in [0, 0.05) is 17.1 Å². The second-order valence-corrected chi connectivity index (χ2v) is 4.69. The van der Waals surface area contributed by atoms with Gasteiger partial charge in [0.05, 0.1) is 0 Å². The van der Waals surface area contributed by atoms with Crippen LogP contribution in [-0.2, 0) is 0 Å².